The largest absolute Gasteiger partial charge is 0.335 e. The molecule has 20 aromatic rings. The van der Waals surface area contributed by atoms with E-state index in [1.54, 1.807) is 0 Å². The molecule has 12 heterocycles. The van der Waals surface area contributed by atoms with E-state index in [9.17, 15) is 75.5 Å². The van der Waals surface area contributed by atoms with E-state index in [2.05, 4.69) is 239 Å². The number of hydrogen-bond acceptors (Lipinski definition) is 12. The van der Waals surface area contributed by atoms with Crippen LogP contribution >= 0.6 is 55.2 Å². The molecule has 4 N–H and O–H groups in total. The van der Waals surface area contributed by atoms with Crippen LogP contribution in [0.5, 0.6) is 0 Å². The molecule has 20 rings (SSSR count). The summed E-state index contributed by atoms with van der Waals surface area (Å²) in [5.74, 6) is 3.08. The number of H-pyrrole nitrogens is 4. The van der Waals surface area contributed by atoms with Gasteiger partial charge in [-0.3, -0.25) is 39.9 Å². The second-order valence-electron chi connectivity index (χ2n) is 31.3. The molecule has 42 heteroatoms. The van der Waals surface area contributed by atoms with Gasteiger partial charge >= 0.3 is 133 Å². The first kappa shape index (κ1) is 107. The summed E-state index contributed by atoms with van der Waals surface area (Å²) in [6.45, 7) is 33.9. The number of fused-ring (bicyclic) bond motifs is 16. The van der Waals surface area contributed by atoms with Crippen molar-refractivity contribution in [2.24, 2.45) is 0 Å². The van der Waals surface area contributed by atoms with Gasteiger partial charge in [0.15, 0.2) is 23.3 Å². The standard InChI is InChI=1S/4C16H16N2.2C14H10N4.3ClH.3F6P.2Ru/c4*1-9-7-17-15-13(11(9)3)5-6-14-12(4)10(2)8-18-16(14)15;2*1-2-6-10-9(5-1)15-13(16-10)14-17-11-7-3-4-8-12(11)18-14;;;;3*1-7(2,3,4,5)6;;/h4*5-8H,1-4H3;2*1-8H,(H,15,16)(H,17,18);3*1H;;;;;/q;;;;;;;;;3*-1;;+2/p-2. The van der Waals surface area contributed by atoms with Crippen LogP contribution in [0.4, 0.5) is 75.5 Å². The number of nitrogens with zero attached hydrogens (tertiary/aromatic N) is 12. The number of benzene rings is 8. The molecule has 0 saturated carbocycles. The van der Waals surface area contributed by atoms with Crippen LogP contribution in [-0.2, 0) is 34.6 Å². The fourth-order valence-corrected chi connectivity index (χ4v) is 13.8. The molecule has 0 aliphatic rings. The molecule has 0 bridgehead atoms. The monoisotopic (exact) mass is 2160 g/mol. The summed E-state index contributed by atoms with van der Waals surface area (Å²) in [7, 11) is -22.3. The van der Waals surface area contributed by atoms with Gasteiger partial charge in [0.05, 0.1) is 88.3 Å². The number of aromatic amines is 4. The maximum Gasteiger partial charge on any atom is 0.174 e. The third-order valence-electron chi connectivity index (χ3n) is 21.7. The van der Waals surface area contributed by atoms with E-state index < -0.39 is 23.4 Å². The van der Waals surface area contributed by atoms with Crippen molar-refractivity contribution in [3.63, 3.8) is 0 Å². The zero-order valence-corrected chi connectivity index (χ0v) is 82.3. The number of nitrogens with one attached hydrogen (secondary N) is 4. The number of pyridine rings is 8. The van der Waals surface area contributed by atoms with Crippen molar-refractivity contribution in [3.8, 4) is 23.3 Å². The van der Waals surface area contributed by atoms with E-state index in [0.29, 0.717) is 0 Å². The smallest absolute Gasteiger partial charge is 0.174 e. The van der Waals surface area contributed by atoms with E-state index in [0.717, 1.165) is 112 Å². The predicted octanol–water partition coefficient (Wildman–Crippen LogP) is 34.2. The van der Waals surface area contributed by atoms with Crippen LogP contribution < -0.4 is 0 Å². The molecule has 134 heavy (non-hydrogen) atoms. The van der Waals surface area contributed by atoms with Crippen molar-refractivity contribution in [3.05, 3.63) is 284 Å². The molecule has 8 aromatic carbocycles. The maximum absolute atomic E-state index is 10.7. The Kier molecular flexibility index (Phi) is 30.8. The molecule has 0 amide bonds. The van der Waals surface area contributed by atoms with Gasteiger partial charge in [0, 0.05) is 112 Å². The number of hydrogen-bond donors (Lipinski definition) is 4. The number of imidazole rings is 4. The minimum Gasteiger partial charge on any atom is -0.335 e. The Labute approximate surface area is 789 Å². The second kappa shape index (κ2) is 38.7. The van der Waals surface area contributed by atoms with Gasteiger partial charge in [-0.05, 0) is 248 Å². The molecule has 12 aromatic heterocycles. The summed E-state index contributed by atoms with van der Waals surface area (Å²) in [5.41, 5.74) is 36.2. The zero-order valence-electron chi connectivity index (χ0n) is 73.9. The Bertz CT molecular complexity index is 6510. The summed E-state index contributed by atoms with van der Waals surface area (Å²) < 4.78 is 178. The topological polar surface area (TPSA) is 218 Å². The van der Waals surface area contributed by atoms with Crippen LogP contribution in [-0.4, -0.2) is 79.7 Å². The summed E-state index contributed by atoms with van der Waals surface area (Å²) in [6.07, 6.45) is 15.5. The van der Waals surface area contributed by atoms with E-state index in [1.807, 2.05) is 147 Å². The van der Waals surface area contributed by atoms with Gasteiger partial charge in [-0.1, -0.05) is 97.1 Å². The average molecular weight is 2160 g/mol. The Morgan fingerprint density at radius 3 is 0.440 bits per heavy atom. The zero-order chi connectivity index (χ0) is 97.3. The van der Waals surface area contributed by atoms with E-state index in [4.69, 9.17) is 19.4 Å². The molecule has 0 radical (unpaired) electrons. The molecule has 0 fully saturated rings. The molecule has 0 aliphatic carbocycles. The molecule has 0 aliphatic heterocycles. The van der Waals surface area contributed by atoms with Crippen molar-refractivity contribution < 1.29 is 110 Å². The van der Waals surface area contributed by atoms with Crippen molar-refractivity contribution in [1.29, 1.82) is 0 Å². The fraction of sp³-hybridized carbons (Fsp3) is 0.174. The predicted molar refractivity (Wildman–Crippen MR) is 506 cm³/mol. The number of aryl methyl sites for hydroxylation is 16. The average Bonchev–Trinajstić information content (AvgIpc) is 0.912. The molecule has 0 atom stereocenters. The Hall–Kier alpha value is -10.9. The van der Waals surface area contributed by atoms with Crippen LogP contribution in [0.1, 0.15) is 89.0 Å². The Balaban J connectivity index is 0.000000172. The van der Waals surface area contributed by atoms with Crippen LogP contribution in [0.15, 0.2) is 195 Å². The molecular formula is C92H85Cl3F18N16P3Ru2-3. The van der Waals surface area contributed by atoms with E-state index >= 15 is 0 Å². The minimum absolute atomic E-state index is 0. The van der Waals surface area contributed by atoms with Crippen LogP contribution in [0.2, 0.25) is 0 Å². The van der Waals surface area contributed by atoms with Crippen LogP contribution in [0.25, 0.3) is 155 Å². The molecule has 0 saturated heterocycles. The summed E-state index contributed by atoms with van der Waals surface area (Å²) in [4.78, 5) is 67.8. The summed E-state index contributed by atoms with van der Waals surface area (Å²) in [6, 6.07) is 49.2. The first-order valence-electron chi connectivity index (χ1n) is 39.7. The van der Waals surface area contributed by atoms with Crippen LogP contribution in [0, 0.1) is 111 Å². The quantitative estimate of drug-likeness (QED) is 0.0550. The minimum atomic E-state index is -10.7. The number of rotatable bonds is 2. The number of para-hydroxylation sites is 8. The first-order valence-corrected chi connectivity index (χ1v) is 50.3. The van der Waals surface area contributed by atoms with Crippen molar-refractivity contribution in [1.82, 2.24) is 79.7 Å². The third kappa shape index (κ3) is 29.1. The van der Waals surface area contributed by atoms with Gasteiger partial charge in [-0.15, -0.1) is 12.4 Å². The van der Waals surface area contributed by atoms with Crippen LogP contribution in [0.3, 0.4) is 0 Å². The Morgan fingerprint density at radius 2 is 0.328 bits per heavy atom. The van der Waals surface area contributed by atoms with Crippen molar-refractivity contribution in [2.45, 2.75) is 111 Å². The normalized spacial score (nSPS) is 12.9. The molecule has 714 valence electrons. The van der Waals surface area contributed by atoms with Gasteiger partial charge in [0.25, 0.3) is 0 Å². The van der Waals surface area contributed by atoms with Gasteiger partial charge in [0.2, 0.25) is 0 Å². The maximum atomic E-state index is 9.87. The van der Waals surface area contributed by atoms with Gasteiger partial charge in [-0.25, -0.2) is 19.9 Å². The Morgan fingerprint density at radius 1 is 0.216 bits per heavy atom. The SMILES string of the molecule is Cc1cnc2c(ccc3c(C)c(C)cnc32)c1C.Cc1cnc2c(ccc3c(C)c(C)cnc32)c1C.Cc1cnc2c(ccc3c(C)c(C)cnc32)c1C.Cc1cnc2c(ccc3c(C)c(C)cnc32)c1C.Cl.F[P-](F)(F)(F)(F)F.F[P-](F)(F)(F)(F)F.F[P-](F)(F)(F)(F)F.[Cl][Ru][Cl].[Ru].c1ccc2[nH]c(-c3nc4ccccc4[nH]3)nc2c1.c1ccc2[nH]c(-c3nc4ccccc4[nH]3)nc2c1. The summed E-state index contributed by atoms with van der Waals surface area (Å²) >= 11 is -0.346. The van der Waals surface area contributed by atoms with Crippen molar-refractivity contribution >= 4 is 187 Å². The van der Waals surface area contributed by atoms with Gasteiger partial charge < -0.3 is 19.9 Å². The summed E-state index contributed by atoms with van der Waals surface area (Å²) in [5, 5.41) is 9.65. The second-order valence-corrected chi connectivity index (χ2v) is 39.7. The van der Waals surface area contributed by atoms with Gasteiger partial charge in [-0.2, -0.15) is 0 Å². The first-order chi connectivity index (χ1) is 60.9. The van der Waals surface area contributed by atoms with E-state index in [-0.39, 0.29) is 47.0 Å². The number of halogens is 21. The fourth-order valence-electron chi connectivity index (χ4n) is 13.8. The van der Waals surface area contributed by atoms with Crippen molar-refractivity contribution in [2.75, 3.05) is 0 Å². The molecule has 0 unspecified atom stereocenters. The third-order valence-corrected chi connectivity index (χ3v) is 21.7. The van der Waals surface area contributed by atoms with E-state index in [1.165, 1.54) is 132 Å². The number of aromatic nitrogens is 16. The van der Waals surface area contributed by atoms with Gasteiger partial charge in [0.1, 0.15) is 0 Å². The molecular weight excluding hydrogens is 2070 g/mol. The molecule has 16 nitrogen and oxygen atoms in total. The molecule has 0 spiro atoms.